The van der Waals surface area contributed by atoms with Crippen LogP contribution in [-0.2, 0) is 9.47 Å². The van der Waals surface area contributed by atoms with Crippen LogP contribution in [0.2, 0.25) is 0 Å². The first-order valence-electron chi connectivity index (χ1n) is 5.41. The normalized spacial score (nSPS) is 10.2. The first kappa shape index (κ1) is 13.6. The molecule has 1 aromatic rings. The van der Waals surface area contributed by atoms with Crippen LogP contribution >= 0.6 is 0 Å². The second-order valence-corrected chi connectivity index (χ2v) is 3.36. The third-order valence-corrected chi connectivity index (χ3v) is 2.14. The highest BCUT2D eigenvalue weighted by Crippen LogP contribution is 2.26. The first-order valence-corrected chi connectivity index (χ1v) is 5.41. The van der Waals surface area contributed by atoms with Gasteiger partial charge >= 0.3 is 0 Å². The smallest absolute Gasteiger partial charge is 0.145 e. The molecule has 1 rings (SSSR count). The summed E-state index contributed by atoms with van der Waals surface area (Å²) in [6.07, 6.45) is 0. The molecule has 0 aliphatic rings. The number of nitrogen functional groups attached to an aromatic ring is 1. The van der Waals surface area contributed by atoms with Gasteiger partial charge in [0, 0.05) is 13.2 Å². The van der Waals surface area contributed by atoms with E-state index in [2.05, 4.69) is 0 Å². The van der Waals surface area contributed by atoms with Gasteiger partial charge in [-0.3, -0.25) is 0 Å². The Morgan fingerprint density at radius 1 is 1.06 bits per heavy atom. The molecule has 0 heterocycles. The monoisotopic (exact) mass is 241 g/mol. The van der Waals surface area contributed by atoms with Gasteiger partial charge in [0.2, 0.25) is 0 Å². The van der Waals surface area contributed by atoms with E-state index in [0.29, 0.717) is 37.9 Å². The summed E-state index contributed by atoms with van der Waals surface area (Å²) >= 11 is 0. The Labute approximate surface area is 101 Å². The van der Waals surface area contributed by atoms with E-state index in [4.69, 9.17) is 24.7 Å². The molecule has 0 aromatic heterocycles. The molecule has 5 heteroatoms. The van der Waals surface area contributed by atoms with Crippen LogP contribution in [0.5, 0.6) is 11.5 Å². The maximum atomic E-state index is 5.77. The van der Waals surface area contributed by atoms with Gasteiger partial charge in [0.15, 0.2) is 0 Å². The Bertz CT molecular complexity index is 330. The molecule has 0 amide bonds. The zero-order valence-electron chi connectivity index (χ0n) is 10.3. The highest BCUT2D eigenvalue weighted by molar-refractivity contribution is 5.55. The lowest BCUT2D eigenvalue weighted by Crippen LogP contribution is -2.10. The largest absolute Gasteiger partial charge is 0.497 e. The van der Waals surface area contributed by atoms with E-state index >= 15 is 0 Å². The van der Waals surface area contributed by atoms with Gasteiger partial charge in [-0.05, 0) is 12.1 Å². The van der Waals surface area contributed by atoms with E-state index in [1.54, 1.807) is 32.4 Å². The summed E-state index contributed by atoms with van der Waals surface area (Å²) in [6.45, 7) is 2.09. The van der Waals surface area contributed by atoms with Gasteiger partial charge in [-0.2, -0.15) is 0 Å². The van der Waals surface area contributed by atoms with Crippen molar-refractivity contribution in [3.8, 4) is 11.5 Å². The van der Waals surface area contributed by atoms with Crippen molar-refractivity contribution in [1.29, 1.82) is 0 Å². The van der Waals surface area contributed by atoms with Gasteiger partial charge in [0.05, 0.1) is 32.6 Å². The average molecular weight is 241 g/mol. The number of nitrogens with two attached hydrogens (primary N) is 1. The second kappa shape index (κ2) is 7.76. The molecule has 5 nitrogen and oxygen atoms in total. The minimum absolute atomic E-state index is 0.446. The van der Waals surface area contributed by atoms with Gasteiger partial charge < -0.3 is 24.7 Å². The van der Waals surface area contributed by atoms with Crippen molar-refractivity contribution in [2.45, 2.75) is 0 Å². The molecule has 0 saturated heterocycles. The predicted molar refractivity (Wildman–Crippen MR) is 65.6 cm³/mol. The fraction of sp³-hybridized carbons (Fsp3) is 0.500. The maximum Gasteiger partial charge on any atom is 0.145 e. The standard InChI is InChI=1S/C12H19NO4/c1-14-5-6-16-7-8-17-12-9-10(15-2)3-4-11(12)13/h3-4,9H,5-8,13H2,1-2H3. The lowest BCUT2D eigenvalue weighted by Gasteiger charge is -2.10. The summed E-state index contributed by atoms with van der Waals surface area (Å²) in [6, 6.07) is 5.29. The van der Waals surface area contributed by atoms with E-state index in [-0.39, 0.29) is 0 Å². The number of rotatable bonds is 8. The van der Waals surface area contributed by atoms with Crippen LogP contribution in [-0.4, -0.2) is 40.6 Å². The minimum atomic E-state index is 0.446. The summed E-state index contributed by atoms with van der Waals surface area (Å²) in [5.74, 6) is 1.33. The van der Waals surface area contributed by atoms with E-state index in [1.165, 1.54) is 0 Å². The molecule has 0 aliphatic carbocycles. The Morgan fingerprint density at radius 3 is 2.53 bits per heavy atom. The Hall–Kier alpha value is -1.46. The number of ether oxygens (including phenoxy) is 4. The molecule has 0 spiro atoms. The summed E-state index contributed by atoms with van der Waals surface area (Å²) in [7, 11) is 3.24. The summed E-state index contributed by atoms with van der Waals surface area (Å²) in [5, 5.41) is 0. The molecule has 0 unspecified atom stereocenters. The molecule has 0 fully saturated rings. The average Bonchev–Trinajstić information content (AvgIpc) is 2.35. The van der Waals surface area contributed by atoms with Crippen LogP contribution in [0.15, 0.2) is 18.2 Å². The predicted octanol–water partition coefficient (Wildman–Crippen LogP) is 1.32. The van der Waals surface area contributed by atoms with Gasteiger partial charge in [-0.15, -0.1) is 0 Å². The highest BCUT2D eigenvalue weighted by Gasteiger charge is 2.02. The quantitative estimate of drug-likeness (QED) is 0.549. The highest BCUT2D eigenvalue weighted by atomic mass is 16.5. The van der Waals surface area contributed by atoms with Crippen LogP contribution in [0.4, 0.5) is 5.69 Å². The fourth-order valence-electron chi connectivity index (χ4n) is 1.22. The lowest BCUT2D eigenvalue weighted by atomic mass is 10.3. The van der Waals surface area contributed by atoms with Crippen molar-refractivity contribution in [2.75, 3.05) is 46.4 Å². The number of methoxy groups -OCH3 is 2. The maximum absolute atomic E-state index is 5.77. The molecule has 0 saturated carbocycles. The second-order valence-electron chi connectivity index (χ2n) is 3.36. The van der Waals surface area contributed by atoms with Crippen LogP contribution in [0.3, 0.4) is 0 Å². The third kappa shape index (κ3) is 4.93. The summed E-state index contributed by atoms with van der Waals surface area (Å²) < 4.78 is 20.7. The summed E-state index contributed by atoms with van der Waals surface area (Å²) in [5.41, 5.74) is 6.35. The van der Waals surface area contributed by atoms with Crippen molar-refractivity contribution >= 4 is 5.69 Å². The Morgan fingerprint density at radius 2 is 1.82 bits per heavy atom. The minimum Gasteiger partial charge on any atom is -0.497 e. The topological polar surface area (TPSA) is 62.9 Å². The zero-order chi connectivity index (χ0) is 12.5. The van der Waals surface area contributed by atoms with Crippen molar-refractivity contribution in [1.82, 2.24) is 0 Å². The molecule has 0 aliphatic heterocycles. The number of anilines is 1. The molecule has 2 N–H and O–H groups in total. The zero-order valence-corrected chi connectivity index (χ0v) is 10.3. The molecular weight excluding hydrogens is 222 g/mol. The van der Waals surface area contributed by atoms with Crippen LogP contribution in [0.25, 0.3) is 0 Å². The molecular formula is C12H19NO4. The molecule has 0 radical (unpaired) electrons. The van der Waals surface area contributed by atoms with Crippen molar-refractivity contribution in [3.05, 3.63) is 18.2 Å². The van der Waals surface area contributed by atoms with Crippen LogP contribution in [0, 0.1) is 0 Å². The van der Waals surface area contributed by atoms with Crippen molar-refractivity contribution in [3.63, 3.8) is 0 Å². The van der Waals surface area contributed by atoms with Gasteiger partial charge in [0.25, 0.3) is 0 Å². The number of hydrogen-bond acceptors (Lipinski definition) is 5. The van der Waals surface area contributed by atoms with Gasteiger partial charge in [0.1, 0.15) is 18.1 Å². The lowest BCUT2D eigenvalue weighted by molar-refractivity contribution is 0.0545. The Balaban J connectivity index is 2.30. The van der Waals surface area contributed by atoms with Crippen molar-refractivity contribution < 1.29 is 18.9 Å². The van der Waals surface area contributed by atoms with E-state index in [0.717, 1.165) is 5.75 Å². The number of hydrogen-bond donors (Lipinski definition) is 1. The number of benzene rings is 1. The molecule has 1 aromatic carbocycles. The molecule has 96 valence electrons. The van der Waals surface area contributed by atoms with E-state index in [9.17, 15) is 0 Å². The first-order chi connectivity index (χ1) is 8.27. The Kier molecular flexibility index (Phi) is 6.21. The SMILES string of the molecule is COCCOCCOc1cc(OC)ccc1N. The fourth-order valence-corrected chi connectivity index (χ4v) is 1.22. The van der Waals surface area contributed by atoms with Gasteiger partial charge in [-0.1, -0.05) is 0 Å². The van der Waals surface area contributed by atoms with Crippen LogP contribution < -0.4 is 15.2 Å². The van der Waals surface area contributed by atoms with Crippen molar-refractivity contribution in [2.24, 2.45) is 0 Å². The summed E-state index contributed by atoms with van der Waals surface area (Å²) in [4.78, 5) is 0. The molecule has 0 atom stereocenters. The van der Waals surface area contributed by atoms with E-state index in [1.807, 2.05) is 0 Å². The third-order valence-electron chi connectivity index (χ3n) is 2.14. The van der Waals surface area contributed by atoms with E-state index < -0.39 is 0 Å². The molecule has 17 heavy (non-hydrogen) atoms. The molecule has 0 bridgehead atoms. The van der Waals surface area contributed by atoms with Gasteiger partial charge in [-0.25, -0.2) is 0 Å². The van der Waals surface area contributed by atoms with Crippen LogP contribution in [0.1, 0.15) is 0 Å².